The van der Waals surface area contributed by atoms with Crippen LogP contribution < -0.4 is 0 Å². The van der Waals surface area contributed by atoms with Crippen LogP contribution in [0.5, 0.6) is 0 Å². The number of carboxylic acids is 1. The van der Waals surface area contributed by atoms with Crippen molar-refractivity contribution in [1.29, 1.82) is 0 Å². The Bertz CT molecular complexity index is 698. The highest BCUT2D eigenvalue weighted by Gasteiger charge is 2.26. The topological polar surface area (TPSA) is 66.8 Å². The van der Waals surface area contributed by atoms with Gasteiger partial charge in [0.15, 0.2) is 0 Å². The van der Waals surface area contributed by atoms with E-state index in [0.29, 0.717) is 24.6 Å². The second-order valence-corrected chi connectivity index (χ2v) is 6.49. The smallest absolute Gasteiger partial charge is 0.345 e. The Morgan fingerprint density at radius 1 is 1.17 bits per heavy atom. The molecule has 1 aromatic heterocycles. The molecule has 1 fully saturated rings. The van der Waals surface area contributed by atoms with E-state index < -0.39 is 5.97 Å². The van der Waals surface area contributed by atoms with Crippen molar-refractivity contribution in [2.24, 2.45) is 0 Å². The first-order valence-electron chi connectivity index (χ1n) is 7.41. The molecule has 0 aliphatic carbocycles. The number of carbonyl (C=O) groups is 2. The lowest BCUT2D eigenvalue weighted by molar-refractivity contribution is -0.0206. The van der Waals surface area contributed by atoms with Gasteiger partial charge in [-0.25, -0.2) is 4.79 Å². The lowest BCUT2D eigenvalue weighted by atomic mass is 10.1. The normalized spacial score (nSPS) is 17.9. The van der Waals surface area contributed by atoms with Crippen molar-refractivity contribution in [2.75, 3.05) is 19.7 Å². The van der Waals surface area contributed by atoms with E-state index in [1.54, 1.807) is 11.0 Å². The van der Waals surface area contributed by atoms with Crippen LogP contribution in [-0.2, 0) is 11.2 Å². The second-order valence-electron chi connectivity index (χ2n) is 5.40. The number of carboxylic acid groups (broad SMARTS) is 1. The van der Waals surface area contributed by atoms with Crippen LogP contribution in [0.4, 0.5) is 0 Å². The van der Waals surface area contributed by atoms with Crippen LogP contribution >= 0.6 is 11.3 Å². The molecule has 23 heavy (non-hydrogen) atoms. The Morgan fingerprint density at radius 3 is 2.61 bits per heavy atom. The van der Waals surface area contributed by atoms with Gasteiger partial charge in [-0.1, -0.05) is 30.3 Å². The quantitative estimate of drug-likeness (QED) is 0.935. The number of thiophene rings is 1. The van der Waals surface area contributed by atoms with Crippen molar-refractivity contribution in [3.05, 3.63) is 57.8 Å². The number of hydrogen-bond acceptors (Lipinski definition) is 4. The van der Waals surface area contributed by atoms with Crippen LogP contribution in [0.2, 0.25) is 0 Å². The summed E-state index contributed by atoms with van der Waals surface area (Å²) in [6.45, 7) is 1.55. The van der Waals surface area contributed by atoms with Gasteiger partial charge < -0.3 is 14.7 Å². The average Bonchev–Trinajstić information content (AvgIpc) is 3.06. The van der Waals surface area contributed by atoms with Gasteiger partial charge in [0, 0.05) is 19.5 Å². The molecule has 1 aliphatic heterocycles. The lowest BCUT2D eigenvalue weighted by Gasteiger charge is -2.32. The number of ether oxygens (including phenoxy) is 1. The van der Waals surface area contributed by atoms with Crippen molar-refractivity contribution in [2.45, 2.75) is 12.5 Å². The van der Waals surface area contributed by atoms with Gasteiger partial charge in [-0.15, -0.1) is 11.3 Å². The van der Waals surface area contributed by atoms with Crippen molar-refractivity contribution in [3.8, 4) is 0 Å². The molecular weight excluding hydrogens is 314 g/mol. The van der Waals surface area contributed by atoms with E-state index in [1.807, 2.05) is 30.3 Å². The van der Waals surface area contributed by atoms with Gasteiger partial charge in [-0.3, -0.25) is 4.79 Å². The number of rotatable bonds is 4. The zero-order valence-electron chi connectivity index (χ0n) is 12.5. The molecule has 1 N–H and O–H groups in total. The molecule has 1 saturated heterocycles. The van der Waals surface area contributed by atoms with E-state index in [0.717, 1.165) is 17.8 Å². The molecule has 1 aliphatic rings. The summed E-state index contributed by atoms with van der Waals surface area (Å²) in [6.07, 6.45) is 0.726. The molecule has 3 rings (SSSR count). The molecule has 2 heterocycles. The summed E-state index contributed by atoms with van der Waals surface area (Å²) < 4.78 is 5.76. The molecule has 5 nitrogen and oxygen atoms in total. The van der Waals surface area contributed by atoms with Gasteiger partial charge in [0.1, 0.15) is 4.88 Å². The molecule has 1 aromatic carbocycles. The summed E-state index contributed by atoms with van der Waals surface area (Å²) in [5, 5.41) is 8.96. The third kappa shape index (κ3) is 3.78. The first kappa shape index (κ1) is 15.7. The molecular formula is C17H17NO4S. The Kier molecular flexibility index (Phi) is 4.73. The third-order valence-electron chi connectivity index (χ3n) is 3.76. The summed E-state index contributed by atoms with van der Waals surface area (Å²) >= 11 is 1.02. The fraction of sp³-hybridized carbons (Fsp3) is 0.294. The number of carbonyl (C=O) groups excluding carboxylic acids is 1. The predicted molar refractivity (Wildman–Crippen MR) is 87.1 cm³/mol. The minimum Gasteiger partial charge on any atom is -0.477 e. The fourth-order valence-corrected chi connectivity index (χ4v) is 3.44. The molecule has 1 unspecified atom stereocenters. The number of benzene rings is 1. The minimum absolute atomic E-state index is 0.0333. The monoisotopic (exact) mass is 331 g/mol. The molecule has 1 atom stereocenters. The molecule has 120 valence electrons. The van der Waals surface area contributed by atoms with Crippen LogP contribution in [-0.4, -0.2) is 47.7 Å². The summed E-state index contributed by atoms with van der Waals surface area (Å²) in [5.74, 6) is -1.12. The highest BCUT2D eigenvalue weighted by atomic mass is 32.1. The molecule has 0 saturated carbocycles. The minimum atomic E-state index is -1.00. The maximum absolute atomic E-state index is 12.5. The van der Waals surface area contributed by atoms with E-state index >= 15 is 0 Å². The maximum Gasteiger partial charge on any atom is 0.345 e. The van der Waals surface area contributed by atoms with Crippen LogP contribution in [0.1, 0.15) is 24.9 Å². The van der Waals surface area contributed by atoms with E-state index in [2.05, 4.69) is 0 Å². The lowest BCUT2D eigenvalue weighted by Crippen LogP contribution is -2.46. The van der Waals surface area contributed by atoms with Gasteiger partial charge in [0.05, 0.1) is 17.6 Å². The zero-order valence-corrected chi connectivity index (χ0v) is 13.3. The van der Waals surface area contributed by atoms with E-state index in [9.17, 15) is 9.59 Å². The molecule has 2 aromatic rings. The Morgan fingerprint density at radius 2 is 1.91 bits per heavy atom. The average molecular weight is 331 g/mol. The van der Waals surface area contributed by atoms with Crippen molar-refractivity contribution < 1.29 is 19.4 Å². The van der Waals surface area contributed by atoms with E-state index in [4.69, 9.17) is 9.84 Å². The van der Waals surface area contributed by atoms with Crippen molar-refractivity contribution in [1.82, 2.24) is 4.90 Å². The van der Waals surface area contributed by atoms with Crippen molar-refractivity contribution in [3.63, 3.8) is 0 Å². The third-order valence-corrected chi connectivity index (χ3v) is 4.82. The number of aromatic carboxylic acids is 1. The molecule has 1 amide bonds. The van der Waals surface area contributed by atoms with Gasteiger partial charge in [0.25, 0.3) is 5.91 Å². The van der Waals surface area contributed by atoms with Crippen LogP contribution in [0.3, 0.4) is 0 Å². The van der Waals surface area contributed by atoms with E-state index in [1.165, 1.54) is 11.6 Å². The number of morpholine rings is 1. The first-order valence-corrected chi connectivity index (χ1v) is 8.23. The van der Waals surface area contributed by atoms with E-state index in [-0.39, 0.29) is 16.9 Å². The van der Waals surface area contributed by atoms with Gasteiger partial charge in [-0.05, 0) is 17.7 Å². The van der Waals surface area contributed by atoms with Gasteiger partial charge in [0.2, 0.25) is 0 Å². The first-order chi connectivity index (χ1) is 11.1. The highest BCUT2D eigenvalue weighted by Crippen LogP contribution is 2.20. The number of nitrogens with zero attached hydrogens (tertiary/aromatic N) is 1. The largest absolute Gasteiger partial charge is 0.477 e. The summed E-state index contributed by atoms with van der Waals surface area (Å²) in [6, 6.07) is 13.1. The maximum atomic E-state index is 12.5. The number of hydrogen-bond donors (Lipinski definition) is 1. The van der Waals surface area contributed by atoms with Crippen LogP contribution in [0.15, 0.2) is 42.5 Å². The zero-order chi connectivity index (χ0) is 16.2. The van der Waals surface area contributed by atoms with Crippen molar-refractivity contribution >= 4 is 23.2 Å². The highest BCUT2D eigenvalue weighted by molar-refractivity contribution is 7.15. The summed E-state index contributed by atoms with van der Waals surface area (Å²) in [4.78, 5) is 25.8. The molecule has 0 radical (unpaired) electrons. The summed E-state index contributed by atoms with van der Waals surface area (Å²) in [7, 11) is 0. The second kappa shape index (κ2) is 6.93. The van der Waals surface area contributed by atoms with Gasteiger partial charge >= 0.3 is 5.97 Å². The molecule has 0 bridgehead atoms. The van der Waals surface area contributed by atoms with Gasteiger partial charge in [-0.2, -0.15) is 0 Å². The fourth-order valence-electron chi connectivity index (χ4n) is 2.63. The SMILES string of the molecule is O=C(O)c1ccc(C(=O)N2CCOC(Cc3ccccc3)C2)s1. The Labute approximate surface area is 138 Å². The summed E-state index contributed by atoms with van der Waals surface area (Å²) in [5.41, 5.74) is 1.18. The van der Waals surface area contributed by atoms with Crippen LogP contribution in [0, 0.1) is 0 Å². The molecule has 6 heteroatoms. The standard InChI is InChI=1S/C17H17NO4S/c19-16(14-6-7-15(23-14)17(20)21)18-8-9-22-13(11-18)10-12-4-2-1-3-5-12/h1-7,13H,8-11H2,(H,20,21). The predicted octanol–water partition coefficient (Wildman–Crippen LogP) is 2.53. The Balaban J connectivity index is 1.65. The number of amides is 1. The Hall–Kier alpha value is -2.18. The van der Waals surface area contributed by atoms with Crippen LogP contribution in [0.25, 0.3) is 0 Å². The molecule has 0 spiro atoms.